The van der Waals surface area contributed by atoms with Crippen molar-refractivity contribution in [3.63, 3.8) is 0 Å². The molecule has 0 atom stereocenters. The van der Waals surface area contributed by atoms with Crippen LogP contribution in [0.3, 0.4) is 0 Å². The molecule has 1 saturated heterocycles. The van der Waals surface area contributed by atoms with Gasteiger partial charge in [-0.15, -0.1) is 5.10 Å². The van der Waals surface area contributed by atoms with E-state index in [-0.39, 0.29) is 10.6 Å². The fraction of sp³-hybridized carbons (Fsp3) is 0.208. The average Bonchev–Trinajstić information content (AvgIpc) is 3.20. The van der Waals surface area contributed by atoms with Gasteiger partial charge in [-0.1, -0.05) is 17.7 Å². The van der Waals surface area contributed by atoms with E-state index in [0.717, 1.165) is 41.8 Å². The van der Waals surface area contributed by atoms with Gasteiger partial charge in [0.1, 0.15) is 17.5 Å². The SMILES string of the molecule is CC1=NN=C(Nc2cc(N3CCC3)nc(Sc3ccc(NC(=O)c4cccc(Cl)c4F)cc3)n2)C1. The lowest BCUT2D eigenvalue weighted by molar-refractivity contribution is 0.102. The average molecular weight is 510 g/mol. The number of rotatable bonds is 6. The number of hydrogen-bond donors (Lipinski definition) is 2. The molecule has 2 aromatic carbocycles. The first-order valence-corrected chi connectivity index (χ1v) is 12.2. The Kier molecular flexibility index (Phi) is 6.65. The number of amidine groups is 1. The fourth-order valence-electron chi connectivity index (χ4n) is 3.49. The van der Waals surface area contributed by atoms with Gasteiger partial charge in [0, 0.05) is 41.9 Å². The van der Waals surface area contributed by atoms with Crippen molar-refractivity contribution in [2.45, 2.75) is 29.8 Å². The van der Waals surface area contributed by atoms with E-state index >= 15 is 0 Å². The molecule has 3 heterocycles. The number of hydrogen-bond acceptors (Lipinski definition) is 8. The van der Waals surface area contributed by atoms with Crippen LogP contribution in [0.5, 0.6) is 0 Å². The van der Waals surface area contributed by atoms with Crippen molar-refractivity contribution in [2.75, 3.05) is 28.6 Å². The summed E-state index contributed by atoms with van der Waals surface area (Å²) in [5, 5.41) is 14.7. The third-order valence-electron chi connectivity index (χ3n) is 5.43. The molecule has 2 aliphatic heterocycles. The lowest BCUT2D eigenvalue weighted by Gasteiger charge is -2.32. The highest BCUT2D eigenvalue weighted by Gasteiger charge is 2.19. The summed E-state index contributed by atoms with van der Waals surface area (Å²) in [6, 6.07) is 13.4. The number of anilines is 3. The molecule has 0 radical (unpaired) electrons. The van der Waals surface area contributed by atoms with Crippen LogP contribution in [0.4, 0.5) is 21.7 Å². The zero-order valence-electron chi connectivity index (χ0n) is 18.8. The first-order chi connectivity index (χ1) is 16.9. The summed E-state index contributed by atoms with van der Waals surface area (Å²) in [7, 11) is 0. The smallest absolute Gasteiger partial charge is 0.258 e. The summed E-state index contributed by atoms with van der Waals surface area (Å²) in [4.78, 5) is 24.9. The standard InChI is InChI=1S/C24H21ClFN7OS/c1-14-12-20(32-31-14)28-19-13-21(33-10-3-11-33)30-24(29-19)35-16-8-6-15(7-9-16)27-23(34)17-4-2-5-18(25)22(17)26/h2,4-9,13H,3,10-12H2,1H3,(H,27,34)(H,28,29,30,32). The summed E-state index contributed by atoms with van der Waals surface area (Å²) < 4.78 is 14.1. The van der Waals surface area contributed by atoms with Crippen LogP contribution in [0, 0.1) is 5.82 Å². The zero-order valence-corrected chi connectivity index (χ0v) is 20.3. The first kappa shape index (κ1) is 23.3. The van der Waals surface area contributed by atoms with Gasteiger partial charge in [0.15, 0.2) is 11.0 Å². The quantitative estimate of drug-likeness (QED) is 0.428. The Balaban J connectivity index is 1.30. The second kappa shape index (κ2) is 10.0. The second-order valence-electron chi connectivity index (χ2n) is 8.10. The minimum absolute atomic E-state index is 0.0959. The molecule has 1 aromatic heterocycles. The highest BCUT2D eigenvalue weighted by molar-refractivity contribution is 7.99. The summed E-state index contributed by atoms with van der Waals surface area (Å²) in [5.74, 6) is 0.969. The van der Waals surface area contributed by atoms with Crippen LogP contribution in [0.2, 0.25) is 5.02 Å². The summed E-state index contributed by atoms with van der Waals surface area (Å²) in [6.07, 6.45) is 1.80. The number of amides is 1. The Bertz CT molecular complexity index is 1340. The number of nitrogens with zero attached hydrogens (tertiary/aromatic N) is 5. The van der Waals surface area contributed by atoms with E-state index < -0.39 is 11.7 Å². The van der Waals surface area contributed by atoms with Crippen LogP contribution in [0.25, 0.3) is 0 Å². The van der Waals surface area contributed by atoms with Crippen molar-refractivity contribution in [1.29, 1.82) is 0 Å². The van der Waals surface area contributed by atoms with Gasteiger partial charge in [-0.05, 0) is 61.5 Å². The topological polar surface area (TPSA) is 94.9 Å². The number of halogens is 2. The minimum atomic E-state index is -0.743. The van der Waals surface area contributed by atoms with Gasteiger partial charge in [0.25, 0.3) is 5.91 Å². The summed E-state index contributed by atoms with van der Waals surface area (Å²) in [5.41, 5.74) is 1.37. The van der Waals surface area contributed by atoms with Crippen molar-refractivity contribution >= 4 is 58.1 Å². The molecular formula is C24H21ClFN7OS. The molecular weight excluding hydrogens is 489 g/mol. The summed E-state index contributed by atoms with van der Waals surface area (Å²) >= 11 is 7.18. The molecule has 0 aliphatic carbocycles. The van der Waals surface area contributed by atoms with Crippen molar-refractivity contribution in [2.24, 2.45) is 10.2 Å². The van der Waals surface area contributed by atoms with Crippen LogP contribution in [-0.4, -0.2) is 40.5 Å². The monoisotopic (exact) mass is 509 g/mol. The van der Waals surface area contributed by atoms with E-state index in [4.69, 9.17) is 16.6 Å². The molecule has 0 saturated carbocycles. The van der Waals surface area contributed by atoms with Gasteiger partial charge in [0.2, 0.25) is 0 Å². The van der Waals surface area contributed by atoms with Crippen molar-refractivity contribution in [3.05, 3.63) is 64.9 Å². The van der Waals surface area contributed by atoms with Gasteiger partial charge in [-0.3, -0.25) is 4.79 Å². The maximum Gasteiger partial charge on any atom is 0.258 e. The third kappa shape index (κ3) is 5.44. The zero-order chi connectivity index (χ0) is 24.4. The van der Waals surface area contributed by atoms with E-state index in [9.17, 15) is 9.18 Å². The first-order valence-electron chi connectivity index (χ1n) is 11.0. The van der Waals surface area contributed by atoms with Crippen LogP contribution in [0.15, 0.2) is 68.8 Å². The molecule has 1 fully saturated rings. The Labute approximate surface area is 210 Å². The van der Waals surface area contributed by atoms with E-state index in [1.807, 2.05) is 25.1 Å². The normalized spacial score (nSPS) is 14.8. The maximum atomic E-state index is 14.1. The second-order valence-corrected chi connectivity index (χ2v) is 9.55. The lowest BCUT2D eigenvalue weighted by atomic mass is 10.2. The molecule has 3 aromatic rings. The van der Waals surface area contributed by atoms with E-state index in [1.54, 1.807) is 12.1 Å². The molecule has 35 heavy (non-hydrogen) atoms. The number of carbonyl (C=O) groups excluding carboxylic acids is 1. The molecule has 2 N–H and O–H groups in total. The van der Waals surface area contributed by atoms with Gasteiger partial charge >= 0.3 is 0 Å². The summed E-state index contributed by atoms with van der Waals surface area (Å²) in [6.45, 7) is 3.86. The van der Waals surface area contributed by atoms with E-state index in [0.29, 0.717) is 23.1 Å². The van der Waals surface area contributed by atoms with Crippen molar-refractivity contribution < 1.29 is 9.18 Å². The van der Waals surface area contributed by atoms with Crippen LogP contribution < -0.4 is 15.5 Å². The molecule has 8 nitrogen and oxygen atoms in total. The van der Waals surface area contributed by atoms with E-state index in [2.05, 4.69) is 30.7 Å². The minimum Gasteiger partial charge on any atom is -0.356 e. The molecule has 178 valence electrons. The molecule has 0 unspecified atom stereocenters. The predicted molar refractivity (Wildman–Crippen MR) is 138 cm³/mol. The number of carbonyl (C=O) groups is 1. The lowest BCUT2D eigenvalue weighted by Crippen LogP contribution is -2.37. The molecule has 1 amide bonds. The maximum absolute atomic E-state index is 14.1. The van der Waals surface area contributed by atoms with Gasteiger partial charge in [0.05, 0.1) is 10.6 Å². The Morgan fingerprint density at radius 3 is 2.60 bits per heavy atom. The Hall–Kier alpha value is -3.50. The predicted octanol–water partition coefficient (Wildman–Crippen LogP) is 5.47. The number of aromatic nitrogens is 2. The van der Waals surface area contributed by atoms with Gasteiger partial charge < -0.3 is 15.5 Å². The number of benzene rings is 2. The molecule has 5 rings (SSSR count). The van der Waals surface area contributed by atoms with Gasteiger partial charge in [-0.25, -0.2) is 14.4 Å². The van der Waals surface area contributed by atoms with Crippen LogP contribution >= 0.6 is 23.4 Å². The molecule has 11 heteroatoms. The fourth-order valence-corrected chi connectivity index (χ4v) is 4.44. The van der Waals surface area contributed by atoms with Crippen molar-refractivity contribution in [3.8, 4) is 0 Å². The Morgan fingerprint density at radius 2 is 1.91 bits per heavy atom. The van der Waals surface area contributed by atoms with Crippen LogP contribution in [0.1, 0.15) is 30.1 Å². The van der Waals surface area contributed by atoms with E-state index in [1.165, 1.54) is 30.0 Å². The molecule has 2 aliphatic rings. The number of nitrogens with one attached hydrogen (secondary N) is 2. The highest BCUT2D eigenvalue weighted by atomic mass is 35.5. The largest absolute Gasteiger partial charge is 0.356 e. The Morgan fingerprint density at radius 1 is 1.11 bits per heavy atom. The van der Waals surface area contributed by atoms with Crippen LogP contribution in [-0.2, 0) is 0 Å². The highest BCUT2D eigenvalue weighted by Crippen LogP contribution is 2.30. The van der Waals surface area contributed by atoms with Crippen molar-refractivity contribution in [1.82, 2.24) is 9.97 Å². The molecule has 0 bridgehead atoms. The van der Waals surface area contributed by atoms with Gasteiger partial charge in [-0.2, -0.15) is 5.10 Å². The third-order valence-corrected chi connectivity index (χ3v) is 6.59. The molecule has 0 spiro atoms.